The Labute approximate surface area is 166 Å². The molecule has 1 fully saturated rings. The van der Waals surface area contributed by atoms with Crippen LogP contribution in [0.3, 0.4) is 0 Å². The average molecular weight is 414 g/mol. The van der Waals surface area contributed by atoms with Crippen LogP contribution in [0.2, 0.25) is 0 Å². The van der Waals surface area contributed by atoms with E-state index in [-0.39, 0.29) is 29.2 Å². The molecule has 0 saturated carbocycles. The van der Waals surface area contributed by atoms with Crippen LogP contribution < -0.4 is 5.32 Å². The van der Waals surface area contributed by atoms with Gasteiger partial charge in [0, 0.05) is 46.3 Å². The molecule has 1 N–H and O–H groups in total. The Morgan fingerprint density at radius 1 is 1.19 bits per heavy atom. The summed E-state index contributed by atoms with van der Waals surface area (Å²) >= 11 is 0. The molecule has 0 aliphatic carbocycles. The van der Waals surface area contributed by atoms with Gasteiger partial charge >= 0.3 is 0 Å². The third-order valence-electron chi connectivity index (χ3n) is 4.65. The van der Waals surface area contributed by atoms with E-state index in [1.165, 1.54) is 24.5 Å². The topological polar surface area (TPSA) is 52.7 Å². The third-order valence-corrected chi connectivity index (χ3v) is 6.46. The zero-order valence-corrected chi connectivity index (χ0v) is 17.1. The minimum absolute atomic E-state index is 0. The first kappa shape index (κ1) is 21.8. The molecule has 2 aromatic rings. The van der Waals surface area contributed by atoms with E-state index < -0.39 is 10.0 Å². The summed E-state index contributed by atoms with van der Waals surface area (Å²) in [5.74, 6) is -0.243. The van der Waals surface area contributed by atoms with Crippen molar-refractivity contribution in [3.05, 3.63) is 65.5 Å². The molecule has 0 spiro atoms. The van der Waals surface area contributed by atoms with Gasteiger partial charge in [-0.15, -0.1) is 12.4 Å². The molecule has 5 nitrogen and oxygen atoms in total. The van der Waals surface area contributed by atoms with E-state index in [0.717, 1.165) is 30.8 Å². The summed E-state index contributed by atoms with van der Waals surface area (Å²) in [4.78, 5) is 2.55. The number of nitrogens with one attached hydrogen (secondary N) is 1. The number of sulfonamides is 1. The van der Waals surface area contributed by atoms with Crippen molar-refractivity contribution < 1.29 is 12.8 Å². The summed E-state index contributed by atoms with van der Waals surface area (Å²) < 4.78 is 39.6. The van der Waals surface area contributed by atoms with Crippen LogP contribution in [-0.2, 0) is 16.6 Å². The van der Waals surface area contributed by atoms with Gasteiger partial charge in [0.2, 0.25) is 10.0 Å². The molecule has 0 radical (unpaired) electrons. The van der Waals surface area contributed by atoms with Crippen LogP contribution in [0.4, 0.5) is 4.39 Å². The first-order chi connectivity index (χ1) is 12.4. The standard InChI is InChI=1S/C19H24FN3O2S.ClH/c1-22(2)26(24,25)18-8-3-5-15(11-18)14-23-10-9-21-13-19(23)16-6-4-7-17(20)12-16;/h3-8,11-12,19,21H,9-10,13-14H2,1-2H3;1H. The summed E-state index contributed by atoms with van der Waals surface area (Å²) in [6, 6.07) is 13.7. The number of halogens is 2. The predicted molar refractivity (Wildman–Crippen MR) is 107 cm³/mol. The van der Waals surface area contributed by atoms with E-state index in [9.17, 15) is 12.8 Å². The Bertz CT molecular complexity index is 877. The molecule has 0 bridgehead atoms. The zero-order chi connectivity index (χ0) is 18.7. The zero-order valence-electron chi connectivity index (χ0n) is 15.4. The molecule has 2 aromatic carbocycles. The van der Waals surface area contributed by atoms with Crippen LogP contribution in [-0.4, -0.2) is 51.4 Å². The lowest BCUT2D eigenvalue weighted by molar-refractivity contribution is 0.153. The normalized spacial score (nSPS) is 18.3. The van der Waals surface area contributed by atoms with Crippen LogP contribution in [0.25, 0.3) is 0 Å². The highest BCUT2D eigenvalue weighted by molar-refractivity contribution is 7.89. The van der Waals surface area contributed by atoms with Crippen molar-refractivity contribution in [2.24, 2.45) is 0 Å². The molecule has 148 valence electrons. The lowest BCUT2D eigenvalue weighted by atomic mass is 10.0. The second-order valence-electron chi connectivity index (χ2n) is 6.68. The Kier molecular flexibility index (Phi) is 7.36. The molecule has 1 aliphatic rings. The van der Waals surface area contributed by atoms with Gasteiger partial charge in [-0.25, -0.2) is 17.1 Å². The van der Waals surface area contributed by atoms with Crippen molar-refractivity contribution in [2.45, 2.75) is 17.5 Å². The number of benzene rings is 2. The number of rotatable bonds is 5. The number of hydrogen-bond donors (Lipinski definition) is 1. The minimum Gasteiger partial charge on any atom is -0.314 e. The highest BCUT2D eigenvalue weighted by Crippen LogP contribution is 2.25. The fourth-order valence-corrected chi connectivity index (χ4v) is 4.20. The monoisotopic (exact) mass is 413 g/mol. The van der Waals surface area contributed by atoms with E-state index in [1.54, 1.807) is 30.3 Å². The molecular formula is C19H25ClFN3O2S. The van der Waals surface area contributed by atoms with Crippen molar-refractivity contribution in [1.29, 1.82) is 0 Å². The summed E-state index contributed by atoms with van der Waals surface area (Å²) in [5.41, 5.74) is 1.85. The molecule has 1 aliphatic heterocycles. The highest BCUT2D eigenvalue weighted by atomic mass is 35.5. The second-order valence-corrected chi connectivity index (χ2v) is 8.83. The fraction of sp³-hybridized carbons (Fsp3) is 0.368. The lowest BCUT2D eigenvalue weighted by Gasteiger charge is -2.36. The van der Waals surface area contributed by atoms with E-state index in [0.29, 0.717) is 6.54 Å². The van der Waals surface area contributed by atoms with Crippen LogP contribution in [0, 0.1) is 5.82 Å². The van der Waals surface area contributed by atoms with E-state index in [4.69, 9.17) is 0 Å². The quantitative estimate of drug-likeness (QED) is 0.818. The highest BCUT2D eigenvalue weighted by Gasteiger charge is 2.25. The maximum Gasteiger partial charge on any atom is 0.242 e. The number of hydrogen-bond acceptors (Lipinski definition) is 4. The average Bonchev–Trinajstić information content (AvgIpc) is 2.62. The lowest BCUT2D eigenvalue weighted by Crippen LogP contribution is -2.45. The third kappa shape index (κ3) is 5.06. The largest absolute Gasteiger partial charge is 0.314 e. The molecule has 1 saturated heterocycles. The van der Waals surface area contributed by atoms with Gasteiger partial charge in [-0.3, -0.25) is 4.90 Å². The first-order valence-electron chi connectivity index (χ1n) is 8.59. The smallest absolute Gasteiger partial charge is 0.242 e. The predicted octanol–water partition coefficient (Wildman–Crippen LogP) is 2.64. The van der Waals surface area contributed by atoms with Crippen LogP contribution in [0.5, 0.6) is 0 Å². The van der Waals surface area contributed by atoms with Crippen molar-refractivity contribution in [1.82, 2.24) is 14.5 Å². The Hall–Kier alpha value is -1.51. The van der Waals surface area contributed by atoms with Gasteiger partial charge in [-0.2, -0.15) is 0 Å². The number of piperazine rings is 1. The summed E-state index contributed by atoms with van der Waals surface area (Å²) in [6.07, 6.45) is 0. The maximum atomic E-state index is 13.6. The van der Waals surface area contributed by atoms with Gasteiger partial charge in [0.1, 0.15) is 5.82 Å². The molecule has 3 rings (SSSR count). The molecule has 27 heavy (non-hydrogen) atoms. The SMILES string of the molecule is CN(C)S(=O)(=O)c1cccc(CN2CCNCC2c2cccc(F)c2)c1.Cl. The van der Waals surface area contributed by atoms with Gasteiger partial charge in [0.05, 0.1) is 4.90 Å². The van der Waals surface area contributed by atoms with Crippen LogP contribution in [0.1, 0.15) is 17.2 Å². The van der Waals surface area contributed by atoms with E-state index in [1.807, 2.05) is 12.1 Å². The Balaban J connectivity index is 0.00000261. The molecule has 1 atom stereocenters. The minimum atomic E-state index is -3.46. The van der Waals surface area contributed by atoms with E-state index in [2.05, 4.69) is 10.2 Å². The molecule has 0 amide bonds. The summed E-state index contributed by atoms with van der Waals surface area (Å²) in [5, 5.41) is 3.35. The molecule has 1 unspecified atom stereocenters. The Morgan fingerprint density at radius 2 is 1.93 bits per heavy atom. The van der Waals surface area contributed by atoms with Gasteiger partial charge in [-0.05, 0) is 35.4 Å². The van der Waals surface area contributed by atoms with E-state index >= 15 is 0 Å². The summed E-state index contributed by atoms with van der Waals surface area (Å²) in [6.45, 7) is 3.01. The molecule has 1 heterocycles. The van der Waals surface area contributed by atoms with Crippen molar-refractivity contribution >= 4 is 22.4 Å². The van der Waals surface area contributed by atoms with Crippen molar-refractivity contribution in [3.63, 3.8) is 0 Å². The molecule has 0 aromatic heterocycles. The first-order valence-corrected chi connectivity index (χ1v) is 10.0. The number of nitrogens with zero attached hydrogens (tertiary/aromatic N) is 2. The van der Waals surface area contributed by atoms with Crippen LogP contribution >= 0.6 is 12.4 Å². The van der Waals surface area contributed by atoms with Crippen molar-refractivity contribution in [2.75, 3.05) is 33.7 Å². The molecule has 8 heteroatoms. The summed E-state index contributed by atoms with van der Waals surface area (Å²) in [7, 11) is -0.406. The van der Waals surface area contributed by atoms with Gasteiger partial charge < -0.3 is 5.32 Å². The van der Waals surface area contributed by atoms with Crippen molar-refractivity contribution in [3.8, 4) is 0 Å². The molecular weight excluding hydrogens is 389 g/mol. The van der Waals surface area contributed by atoms with Crippen LogP contribution in [0.15, 0.2) is 53.4 Å². The van der Waals surface area contributed by atoms with Gasteiger partial charge in [0.25, 0.3) is 0 Å². The van der Waals surface area contributed by atoms with Gasteiger partial charge in [0.15, 0.2) is 0 Å². The van der Waals surface area contributed by atoms with Gasteiger partial charge in [-0.1, -0.05) is 24.3 Å². The maximum absolute atomic E-state index is 13.6. The second kappa shape index (κ2) is 9.12. The fourth-order valence-electron chi connectivity index (χ4n) is 3.23. The Morgan fingerprint density at radius 3 is 2.63 bits per heavy atom.